The average Bonchev–Trinajstić information content (AvgIpc) is 2.93. The lowest BCUT2D eigenvalue weighted by atomic mass is 10.3. The fourth-order valence-corrected chi connectivity index (χ4v) is 3.28. The number of fused-ring (bicyclic) bond motifs is 1. The first-order valence-corrected chi connectivity index (χ1v) is 7.00. The van der Waals surface area contributed by atoms with E-state index in [4.69, 9.17) is 0 Å². The summed E-state index contributed by atoms with van der Waals surface area (Å²) < 4.78 is 2.75. The second-order valence-electron chi connectivity index (χ2n) is 3.96. The summed E-state index contributed by atoms with van der Waals surface area (Å²) in [5, 5.41) is 11.4. The maximum atomic E-state index is 9.36. The Bertz CT molecular complexity index is 766. The quantitative estimate of drug-likeness (QED) is 0.680. The molecule has 0 saturated heterocycles. The number of nitrogens with zero attached hydrogens (tertiary/aromatic N) is 3. The van der Waals surface area contributed by atoms with Gasteiger partial charge in [-0.15, -0.1) is 11.3 Å². The summed E-state index contributed by atoms with van der Waals surface area (Å²) >= 11 is 5.09. The van der Waals surface area contributed by atoms with Gasteiger partial charge in [0.15, 0.2) is 11.3 Å². The van der Waals surface area contributed by atoms with Gasteiger partial charge in [0.1, 0.15) is 11.8 Å². The average molecular weight is 318 g/mol. The van der Waals surface area contributed by atoms with Crippen LogP contribution in [0.25, 0.3) is 16.2 Å². The van der Waals surface area contributed by atoms with Gasteiger partial charge in [0.2, 0.25) is 0 Å². The molecule has 18 heavy (non-hydrogen) atoms. The van der Waals surface area contributed by atoms with Crippen LogP contribution in [0.5, 0.6) is 0 Å². The van der Waals surface area contributed by atoms with Crippen molar-refractivity contribution in [3.05, 3.63) is 45.5 Å². The Hall–Kier alpha value is -1.64. The van der Waals surface area contributed by atoms with Crippen LogP contribution in [0, 0.1) is 18.3 Å². The summed E-state index contributed by atoms with van der Waals surface area (Å²) in [7, 11) is 0. The van der Waals surface area contributed by atoms with Crippen molar-refractivity contribution >= 4 is 32.9 Å². The van der Waals surface area contributed by atoms with Crippen LogP contribution in [-0.2, 0) is 0 Å². The van der Waals surface area contributed by atoms with E-state index in [1.807, 2.05) is 41.1 Å². The van der Waals surface area contributed by atoms with Gasteiger partial charge in [0.05, 0.1) is 9.35 Å². The highest BCUT2D eigenvalue weighted by Gasteiger charge is 2.16. The SMILES string of the molecule is Cc1cc(Br)c2nc(-c3cccs3)c(C#N)n2c1. The Morgan fingerprint density at radius 3 is 3.00 bits per heavy atom. The molecule has 0 fully saturated rings. The topological polar surface area (TPSA) is 41.1 Å². The fraction of sp³-hybridized carbons (Fsp3) is 0.0769. The van der Waals surface area contributed by atoms with Gasteiger partial charge in [-0.05, 0) is 45.9 Å². The Morgan fingerprint density at radius 2 is 2.33 bits per heavy atom. The van der Waals surface area contributed by atoms with Crippen molar-refractivity contribution in [2.75, 3.05) is 0 Å². The van der Waals surface area contributed by atoms with Gasteiger partial charge in [0.25, 0.3) is 0 Å². The number of hydrogen-bond donors (Lipinski definition) is 0. The molecule has 0 radical (unpaired) electrons. The molecule has 0 saturated carbocycles. The van der Waals surface area contributed by atoms with Crippen LogP contribution in [0.2, 0.25) is 0 Å². The number of hydrogen-bond acceptors (Lipinski definition) is 3. The number of aromatic nitrogens is 2. The summed E-state index contributed by atoms with van der Waals surface area (Å²) in [6, 6.07) is 8.19. The number of halogens is 1. The number of nitriles is 1. The predicted octanol–water partition coefficient (Wildman–Crippen LogP) is 4.01. The highest BCUT2D eigenvalue weighted by Crippen LogP contribution is 2.30. The van der Waals surface area contributed by atoms with Crippen LogP contribution in [0.3, 0.4) is 0 Å². The molecule has 88 valence electrons. The number of aryl methyl sites for hydroxylation is 1. The zero-order valence-electron chi connectivity index (χ0n) is 9.51. The molecular formula is C13H8BrN3S. The van der Waals surface area contributed by atoms with Gasteiger partial charge in [0, 0.05) is 6.20 Å². The highest BCUT2D eigenvalue weighted by molar-refractivity contribution is 9.10. The molecule has 0 aromatic carbocycles. The van der Waals surface area contributed by atoms with Gasteiger partial charge in [-0.2, -0.15) is 5.26 Å². The van der Waals surface area contributed by atoms with Crippen molar-refractivity contribution in [3.63, 3.8) is 0 Å². The second-order valence-corrected chi connectivity index (χ2v) is 5.76. The van der Waals surface area contributed by atoms with Crippen molar-refractivity contribution in [1.29, 1.82) is 5.26 Å². The largest absolute Gasteiger partial charge is 0.289 e. The molecule has 0 aliphatic heterocycles. The zero-order valence-corrected chi connectivity index (χ0v) is 11.9. The lowest BCUT2D eigenvalue weighted by molar-refractivity contribution is 1.12. The van der Waals surface area contributed by atoms with Gasteiger partial charge in [-0.3, -0.25) is 4.40 Å². The molecule has 3 aromatic rings. The van der Waals surface area contributed by atoms with Crippen LogP contribution in [0.15, 0.2) is 34.2 Å². The Labute approximate surface area is 116 Å². The van der Waals surface area contributed by atoms with E-state index in [0.29, 0.717) is 5.69 Å². The van der Waals surface area contributed by atoms with E-state index >= 15 is 0 Å². The first kappa shape index (κ1) is 11.5. The van der Waals surface area contributed by atoms with E-state index < -0.39 is 0 Å². The van der Waals surface area contributed by atoms with Crippen molar-refractivity contribution in [2.24, 2.45) is 0 Å². The molecule has 3 heterocycles. The number of thiophene rings is 1. The molecule has 0 aliphatic carbocycles. The minimum absolute atomic E-state index is 0.580. The lowest BCUT2D eigenvalue weighted by Crippen LogP contribution is -1.90. The third-order valence-corrected chi connectivity index (χ3v) is 4.13. The number of imidazole rings is 1. The van der Waals surface area contributed by atoms with Gasteiger partial charge in [-0.1, -0.05) is 6.07 Å². The van der Waals surface area contributed by atoms with Crippen LogP contribution < -0.4 is 0 Å². The molecule has 3 aromatic heterocycles. The molecule has 0 unspecified atom stereocenters. The molecular weight excluding hydrogens is 310 g/mol. The molecule has 3 nitrogen and oxygen atoms in total. The minimum atomic E-state index is 0.580. The third-order valence-electron chi connectivity index (χ3n) is 2.67. The zero-order chi connectivity index (χ0) is 12.7. The first-order chi connectivity index (χ1) is 8.70. The van der Waals surface area contributed by atoms with Crippen LogP contribution in [-0.4, -0.2) is 9.38 Å². The monoisotopic (exact) mass is 317 g/mol. The van der Waals surface area contributed by atoms with Crippen molar-refractivity contribution < 1.29 is 0 Å². The minimum Gasteiger partial charge on any atom is -0.289 e. The summed E-state index contributed by atoms with van der Waals surface area (Å²) in [4.78, 5) is 5.58. The number of rotatable bonds is 1. The van der Waals surface area contributed by atoms with E-state index in [1.54, 1.807) is 11.3 Å². The molecule has 5 heteroatoms. The third kappa shape index (κ3) is 1.65. The molecule has 0 amide bonds. The van der Waals surface area contributed by atoms with E-state index in [-0.39, 0.29) is 0 Å². The predicted molar refractivity (Wildman–Crippen MR) is 75.7 cm³/mol. The summed E-state index contributed by atoms with van der Waals surface area (Å²) in [5.41, 5.74) is 3.19. The summed E-state index contributed by atoms with van der Waals surface area (Å²) in [5.74, 6) is 0. The van der Waals surface area contributed by atoms with Crippen LogP contribution in [0.1, 0.15) is 11.3 Å². The first-order valence-electron chi connectivity index (χ1n) is 5.33. The van der Waals surface area contributed by atoms with Gasteiger partial charge in [-0.25, -0.2) is 4.98 Å². The molecule has 0 atom stereocenters. The molecule has 0 bridgehead atoms. The Balaban J connectivity index is 2.42. The molecule has 0 aliphatic rings. The van der Waals surface area contributed by atoms with Crippen LogP contribution in [0.4, 0.5) is 0 Å². The molecule has 0 spiro atoms. The van der Waals surface area contributed by atoms with Crippen molar-refractivity contribution in [1.82, 2.24) is 9.38 Å². The van der Waals surface area contributed by atoms with Crippen LogP contribution >= 0.6 is 27.3 Å². The summed E-state index contributed by atoms with van der Waals surface area (Å²) in [6.07, 6.45) is 1.93. The normalized spacial score (nSPS) is 10.7. The van der Waals surface area contributed by atoms with E-state index in [9.17, 15) is 5.26 Å². The van der Waals surface area contributed by atoms with E-state index in [2.05, 4.69) is 27.0 Å². The van der Waals surface area contributed by atoms with Gasteiger partial charge >= 0.3 is 0 Å². The Morgan fingerprint density at radius 1 is 1.50 bits per heavy atom. The molecule has 3 rings (SSSR count). The van der Waals surface area contributed by atoms with Crippen molar-refractivity contribution in [2.45, 2.75) is 6.92 Å². The summed E-state index contributed by atoms with van der Waals surface area (Å²) in [6.45, 7) is 2.00. The van der Waals surface area contributed by atoms with Crippen molar-refractivity contribution in [3.8, 4) is 16.6 Å². The van der Waals surface area contributed by atoms with Gasteiger partial charge < -0.3 is 0 Å². The second kappa shape index (κ2) is 4.23. The van der Waals surface area contributed by atoms with E-state index in [1.165, 1.54) is 0 Å². The standard InChI is InChI=1S/C13H8BrN3S/c1-8-5-9(14)13-16-12(11-3-2-4-18-11)10(6-15)17(13)7-8/h2-5,7H,1H3. The molecule has 0 N–H and O–H groups in total. The highest BCUT2D eigenvalue weighted by atomic mass is 79.9. The number of pyridine rings is 1. The smallest absolute Gasteiger partial charge is 0.153 e. The lowest BCUT2D eigenvalue weighted by Gasteiger charge is -1.99. The Kier molecular flexibility index (Phi) is 2.69. The maximum absolute atomic E-state index is 9.36. The fourth-order valence-electron chi connectivity index (χ4n) is 1.92. The maximum Gasteiger partial charge on any atom is 0.153 e. The van der Waals surface area contributed by atoms with E-state index in [0.717, 1.165) is 26.3 Å².